The number of hydrogen-bond acceptors (Lipinski definition) is 7. The third-order valence-corrected chi connectivity index (χ3v) is 14.2. The Balaban J connectivity index is 1.05. The lowest BCUT2D eigenvalue weighted by Crippen LogP contribution is -2.33. The topological polar surface area (TPSA) is 73.2 Å². The minimum atomic E-state index is -1.24. The molecule has 0 aliphatic heterocycles. The summed E-state index contributed by atoms with van der Waals surface area (Å²) in [7, 11) is 2.13. The molecule has 0 N–H and O–H groups in total. The van der Waals surface area contributed by atoms with Gasteiger partial charge in [-0.1, -0.05) is 127 Å². The van der Waals surface area contributed by atoms with Gasteiger partial charge >= 0.3 is 0 Å². The first-order chi connectivity index (χ1) is 33.3. The predicted molar refractivity (Wildman–Crippen MR) is 280 cm³/mol. The molecule has 8 heteroatoms. The van der Waals surface area contributed by atoms with E-state index in [1.165, 1.54) is 21.5 Å². The van der Waals surface area contributed by atoms with E-state index in [0.29, 0.717) is 26.2 Å². The van der Waals surface area contributed by atoms with E-state index in [4.69, 9.17) is 28.5 Å². The first kappa shape index (κ1) is 49.7. The number of nitrogens with zero attached hydrogens (tertiary/aromatic N) is 2. The summed E-state index contributed by atoms with van der Waals surface area (Å²) >= 11 is 0. The molecule has 0 fully saturated rings. The normalized spacial score (nSPS) is 11.9. The Hall–Kier alpha value is -6.20. The Bertz CT molecular complexity index is 2850. The van der Waals surface area contributed by atoms with Crippen LogP contribution in [-0.4, -0.2) is 50.8 Å². The van der Waals surface area contributed by atoms with Crippen LogP contribution in [0.4, 0.5) is 0 Å². The Morgan fingerprint density at radius 3 is 1.41 bits per heavy atom. The molecule has 1 unspecified atom stereocenters. The van der Waals surface area contributed by atoms with E-state index in [2.05, 4.69) is 171 Å². The van der Waals surface area contributed by atoms with Crippen LogP contribution in [0.15, 0.2) is 140 Å². The second-order valence-corrected chi connectivity index (χ2v) is 18.7. The highest BCUT2D eigenvalue weighted by molar-refractivity contribution is 7.44. The van der Waals surface area contributed by atoms with Crippen molar-refractivity contribution in [2.24, 2.45) is 0 Å². The molecule has 0 amide bonds. The molecule has 7 aromatic carbocycles. The Morgan fingerprint density at radius 1 is 0.500 bits per heavy atom. The first-order valence-electron chi connectivity index (χ1n) is 23.8. The summed E-state index contributed by atoms with van der Waals surface area (Å²) in [6.07, 6.45) is 5.39. The van der Waals surface area contributed by atoms with Gasteiger partial charge in [0, 0.05) is 42.7 Å². The molecule has 0 radical (unpaired) electrons. The zero-order valence-electron chi connectivity index (χ0n) is 40.4. The molecule has 7 nitrogen and oxygen atoms in total. The van der Waals surface area contributed by atoms with E-state index in [9.17, 15) is 0 Å². The lowest BCUT2D eigenvalue weighted by molar-refractivity contribution is 0.0109. The number of nitriles is 1. The summed E-state index contributed by atoms with van der Waals surface area (Å²) in [4.78, 5) is 0. The highest BCUT2D eigenvalue weighted by atomic mass is 31.2. The lowest BCUT2D eigenvalue weighted by atomic mass is 9.80. The molecule has 7 rings (SSSR count). The molecule has 348 valence electrons. The Morgan fingerprint density at radius 2 is 0.941 bits per heavy atom. The molecule has 0 aromatic heterocycles. The highest BCUT2D eigenvalue weighted by Gasteiger charge is 2.37. The van der Waals surface area contributed by atoms with Crippen molar-refractivity contribution in [1.29, 1.82) is 5.26 Å². The van der Waals surface area contributed by atoms with Crippen molar-refractivity contribution in [3.8, 4) is 41.2 Å². The van der Waals surface area contributed by atoms with Crippen LogP contribution in [0.5, 0.6) is 11.5 Å². The molecule has 0 saturated carbocycles. The van der Waals surface area contributed by atoms with Gasteiger partial charge in [-0.3, -0.25) is 0 Å². The van der Waals surface area contributed by atoms with Crippen molar-refractivity contribution in [1.82, 2.24) is 4.67 Å². The number of methoxy groups -OCH3 is 2. The maximum Gasteiger partial charge on any atom is 0.259 e. The predicted octanol–water partition coefficient (Wildman–Crippen LogP) is 14.5. The molecule has 0 heterocycles. The van der Waals surface area contributed by atoms with Crippen molar-refractivity contribution >= 4 is 40.8 Å². The largest absolute Gasteiger partial charge is 0.497 e. The summed E-state index contributed by atoms with van der Waals surface area (Å²) in [5.74, 6) is 15.7. The van der Waals surface area contributed by atoms with Gasteiger partial charge in [-0.25, -0.2) is 4.67 Å². The van der Waals surface area contributed by atoms with Gasteiger partial charge in [-0.2, -0.15) is 5.26 Å². The van der Waals surface area contributed by atoms with Crippen molar-refractivity contribution in [2.75, 3.05) is 34.0 Å². The third-order valence-electron chi connectivity index (χ3n) is 12.1. The zero-order chi connectivity index (χ0) is 47.7. The summed E-state index contributed by atoms with van der Waals surface area (Å²) in [5, 5.41) is 16.0. The molecule has 1 atom stereocenters. The van der Waals surface area contributed by atoms with Crippen LogP contribution < -0.4 is 9.47 Å². The van der Waals surface area contributed by atoms with Gasteiger partial charge in [0.05, 0.1) is 39.9 Å². The fraction of sp³-hybridized carbons (Fsp3) is 0.317. The summed E-state index contributed by atoms with van der Waals surface area (Å²) in [5.41, 5.74) is 4.31. The van der Waals surface area contributed by atoms with Crippen molar-refractivity contribution < 1.29 is 23.3 Å². The van der Waals surface area contributed by atoms with E-state index < -0.39 is 14.1 Å². The first-order valence-corrected chi connectivity index (χ1v) is 25.0. The zero-order valence-corrected chi connectivity index (χ0v) is 41.3. The molecule has 0 aliphatic rings. The van der Waals surface area contributed by atoms with Crippen LogP contribution in [0, 0.1) is 35.0 Å². The van der Waals surface area contributed by atoms with Gasteiger partial charge in [-0.15, -0.1) is 0 Å². The third kappa shape index (κ3) is 11.9. The van der Waals surface area contributed by atoms with Gasteiger partial charge in [0.2, 0.25) is 0 Å². The van der Waals surface area contributed by atoms with Crippen molar-refractivity contribution in [3.05, 3.63) is 167 Å². The number of unbranched alkanes of at least 4 members (excludes halogenated alkanes) is 4. The smallest absolute Gasteiger partial charge is 0.259 e. The monoisotopic (exact) mass is 922 g/mol. The molecule has 0 aliphatic carbocycles. The molecule has 0 spiro atoms. The van der Waals surface area contributed by atoms with E-state index >= 15 is 0 Å². The molecule has 0 bridgehead atoms. The number of fused-ring (bicyclic) bond motifs is 5. The fourth-order valence-electron chi connectivity index (χ4n) is 8.86. The molecule has 0 saturated heterocycles. The molecular weight excluding hydrogens is 860 g/mol. The van der Waals surface area contributed by atoms with Crippen LogP contribution in [0.3, 0.4) is 0 Å². The van der Waals surface area contributed by atoms with Crippen LogP contribution in [0.2, 0.25) is 0 Å². The van der Waals surface area contributed by atoms with Crippen LogP contribution in [0.1, 0.15) is 100 Å². The van der Waals surface area contributed by atoms with Gasteiger partial charge in [0.1, 0.15) is 17.1 Å². The Kier molecular flexibility index (Phi) is 18.1. The lowest BCUT2D eigenvalue weighted by Gasteiger charge is -2.36. The van der Waals surface area contributed by atoms with Crippen LogP contribution >= 0.6 is 8.53 Å². The quantitative estimate of drug-likeness (QED) is 0.0234. The SMILES string of the molecule is COc1ccc(C(OCCCCC#Cc2cc3c4ccccc4c(C#CCCCCOP(OCCC#N)N(C(C)C)C(C)C)cc3c3ccccc23)(c2ccccc2)c2ccc(OC)cc2)cc1. The van der Waals surface area contributed by atoms with E-state index in [1.54, 1.807) is 14.2 Å². The number of benzene rings is 7. The van der Waals surface area contributed by atoms with Gasteiger partial charge in [0.25, 0.3) is 8.53 Å². The summed E-state index contributed by atoms with van der Waals surface area (Å²) in [6, 6.07) is 51.2. The summed E-state index contributed by atoms with van der Waals surface area (Å²) in [6.45, 7) is 10.1. The fourth-order valence-corrected chi connectivity index (χ4v) is 10.5. The number of hydrogen-bond donors (Lipinski definition) is 0. The minimum Gasteiger partial charge on any atom is -0.497 e. The van der Waals surface area contributed by atoms with Gasteiger partial charge in [-0.05, 0) is 139 Å². The van der Waals surface area contributed by atoms with Gasteiger partial charge in [0.15, 0.2) is 0 Å². The van der Waals surface area contributed by atoms with E-state index in [0.717, 1.165) is 88.6 Å². The molecular formula is C60H63N2O5P. The molecule has 7 aromatic rings. The standard InChI is InChI=1S/C60H63N2O5P/c1-45(2)62(46(3)4)68(67-42-22-39-61)66-41-21-10-8-13-24-48-44-59-56-29-18-16-27-54(56)47(43-58(59)57-30-19-17-28-55(48)57)23-12-7-9-20-40-65-60(49-25-14-11-15-26-49,50-31-35-52(63-5)36-32-50)51-33-37-53(64-6)38-34-51/h11,14-19,25-38,43-46H,7-10,20-22,40-42H2,1-6H3. The highest BCUT2D eigenvalue weighted by Crippen LogP contribution is 2.46. The minimum absolute atomic E-state index is 0.275. The van der Waals surface area contributed by atoms with Crippen molar-refractivity contribution in [3.63, 3.8) is 0 Å². The average molecular weight is 923 g/mol. The van der Waals surface area contributed by atoms with Gasteiger partial charge < -0.3 is 23.3 Å². The second kappa shape index (κ2) is 24.7. The van der Waals surface area contributed by atoms with Crippen molar-refractivity contribution in [2.45, 2.75) is 90.3 Å². The van der Waals surface area contributed by atoms with Crippen LogP contribution in [0.25, 0.3) is 32.3 Å². The summed E-state index contributed by atoms with van der Waals surface area (Å²) < 4.78 is 32.8. The van der Waals surface area contributed by atoms with E-state index in [-0.39, 0.29) is 12.1 Å². The maximum atomic E-state index is 9.04. The second-order valence-electron chi connectivity index (χ2n) is 17.3. The average Bonchev–Trinajstić information content (AvgIpc) is 3.37. The maximum absolute atomic E-state index is 9.04. The Labute approximate surface area is 405 Å². The number of ether oxygens (including phenoxy) is 3. The molecule has 68 heavy (non-hydrogen) atoms. The van der Waals surface area contributed by atoms with Crippen LogP contribution in [-0.2, 0) is 19.4 Å². The number of rotatable bonds is 21. The van der Waals surface area contributed by atoms with E-state index in [1.807, 2.05) is 30.3 Å².